The van der Waals surface area contributed by atoms with E-state index in [9.17, 15) is 0 Å². The van der Waals surface area contributed by atoms with Crippen molar-refractivity contribution in [1.29, 1.82) is 0 Å². The molecule has 2 heterocycles. The van der Waals surface area contributed by atoms with Crippen LogP contribution in [0.5, 0.6) is 0 Å². The van der Waals surface area contributed by atoms with Crippen molar-refractivity contribution in [2.24, 2.45) is 0 Å². The summed E-state index contributed by atoms with van der Waals surface area (Å²) in [7, 11) is 3.82. The minimum absolute atomic E-state index is 0.280. The Labute approximate surface area is 147 Å². The number of nitrogen functional groups attached to an aromatic ring is 1. The van der Waals surface area contributed by atoms with Crippen molar-refractivity contribution in [3.05, 3.63) is 41.2 Å². The highest BCUT2D eigenvalue weighted by molar-refractivity contribution is 7.99. The maximum Gasteiger partial charge on any atom is 0.229 e. The minimum atomic E-state index is 0.280. The highest BCUT2D eigenvalue weighted by atomic mass is 32.2. The first-order valence-electron chi connectivity index (χ1n) is 8.09. The summed E-state index contributed by atoms with van der Waals surface area (Å²) >= 11 is 2.00. The first kappa shape index (κ1) is 17.0. The van der Waals surface area contributed by atoms with E-state index in [4.69, 9.17) is 5.73 Å². The Bertz CT molecular complexity index is 688. The molecule has 1 fully saturated rings. The summed E-state index contributed by atoms with van der Waals surface area (Å²) in [5.74, 6) is 3.83. The smallest absolute Gasteiger partial charge is 0.229 e. The van der Waals surface area contributed by atoms with Crippen molar-refractivity contribution in [2.45, 2.75) is 19.5 Å². The Kier molecular flexibility index (Phi) is 5.20. The largest absolute Gasteiger partial charge is 0.368 e. The second-order valence-electron chi connectivity index (χ2n) is 6.28. The van der Waals surface area contributed by atoms with Crippen molar-refractivity contribution < 1.29 is 0 Å². The van der Waals surface area contributed by atoms with Gasteiger partial charge in [-0.2, -0.15) is 26.7 Å². The van der Waals surface area contributed by atoms with Gasteiger partial charge in [0.05, 0.1) is 6.54 Å². The van der Waals surface area contributed by atoms with Gasteiger partial charge < -0.3 is 10.6 Å². The van der Waals surface area contributed by atoms with Crippen LogP contribution in [0.4, 0.5) is 11.9 Å². The molecule has 1 aliphatic heterocycles. The molecule has 1 atom stereocenters. The maximum absolute atomic E-state index is 5.85. The number of nitrogens with two attached hydrogens (primary N) is 1. The van der Waals surface area contributed by atoms with Gasteiger partial charge in [0.25, 0.3) is 0 Å². The van der Waals surface area contributed by atoms with E-state index in [2.05, 4.69) is 51.0 Å². The Hall–Kier alpha value is -1.86. The van der Waals surface area contributed by atoms with Gasteiger partial charge in [-0.1, -0.05) is 29.8 Å². The molecule has 1 saturated heterocycles. The van der Waals surface area contributed by atoms with Crippen LogP contribution in [0.15, 0.2) is 24.3 Å². The average Bonchev–Trinajstić information content (AvgIpc) is 2.56. The molecule has 3 rings (SSSR count). The monoisotopic (exact) mass is 344 g/mol. The van der Waals surface area contributed by atoms with E-state index in [1.165, 1.54) is 11.1 Å². The third-order valence-corrected chi connectivity index (χ3v) is 5.16. The van der Waals surface area contributed by atoms with Crippen LogP contribution in [0.3, 0.4) is 0 Å². The number of aromatic nitrogens is 3. The molecule has 2 aromatic rings. The first-order chi connectivity index (χ1) is 11.5. The summed E-state index contributed by atoms with van der Waals surface area (Å²) in [5, 5.41) is 0. The van der Waals surface area contributed by atoms with Gasteiger partial charge in [-0.3, -0.25) is 4.90 Å². The van der Waals surface area contributed by atoms with E-state index >= 15 is 0 Å². The summed E-state index contributed by atoms with van der Waals surface area (Å²) < 4.78 is 0. The predicted molar refractivity (Wildman–Crippen MR) is 100 cm³/mol. The third kappa shape index (κ3) is 3.96. The van der Waals surface area contributed by atoms with Crippen LogP contribution in [-0.4, -0.2) is 52.0 Å². The van der Waals surface area contributed by atoms with Crippen LogP contribution in [0, 0.1) is 6.92 Å². The lowest BCUT2D eigenvalue weighted by Crippen LogP contribution is -2.36. The van der Waals surface area contributed by atoms with Crippen molar-refractivity contribution in [3.8, 4) is 0 Å². The van der Waals surface area contributed by atoms with Crippen LogP contribution in [0.1, 0.15) is 23.0 Å². The van der Waals surface area contributed by atoms with Gasteiger partial charge in [0.2, 0.25) is 11.9 Å². The molecule has 0 unspecified atom stereocenters. The molecule has 0 amide bonds. The van der Waals surface area contributed by atoms with E-state index in [1.807, 2.05) is 30.8 Å². The number of hydrogen-bond donors (Lipinski definition) is 1. The zero-order valence-corrected chi connectivity index (χ0v) is 15.3. The Balaban J connectivity index is 1.82. The fourth-order valence-corrected chi connectivity index (χ4v) is 3.96. The van der Waals surface area contributed by atoms with Crippen LogP contribution >= 0.6 is 11.8 Å². The van der Waals surface area contributed by atoms with E-state index in [0.717, 1.165) is 23.9 Å². The first-order valence-corrected chi connectivity index (χ1v) is 9.24. The zero-order chi connectivity index (χ0) is 17.1. The van der Waals surface area contributed by atoms with Gasteiger partial charge in [0.15, 0.2) is 0 Å². The lowest BCUT2D eigenvalue weighted by Gasteiger charge is -2.35. The number of benzene rings is 1. The molecule has 128 valence electrons. The molecule has 0 bridgehead atoms. The molecule has 0 aliphatic carbocycles. The highest BCUT2D eigenvalue weighted by Crippen LogP contribution is 2.30. The standard InChI is InChI=1S/C17H24N6S/c1-12-4-6-13(7-5-12)14-11-24-9-8-23(14)10-15-19-16(18)21-17(20-15)22(2)3/h4-7,14H,8-11H2,1-3H3,(H2,18,19,20,21)/t14-/m1/s1. The molecule has 24 heavy (non-hydrogen) atoms. The lowest BCUT2D eigenvalue weighted by molar-refractivity contribution is 0.206. The molecule has 6 nitrogen and oxygen atoms in total. The Morgan fingerprint density at radius 1 is 1.21 bits per heavy atom. The van der Waals surface area contributed by atoms with E-state index in [1.54, 1.807) is 0 Å². The normalized spacial score (nSPS) is 18.5. The number of aryl methyl sites for hydroxylation is 1. The van der Waals surface area contributed by atoms with Gasteiger partial charge in [-0.25, -0.2) is 0 Å². The fourth-order valence-electron chi connectivity index (χ4n) is 2.80. The van der Waals surface area contributed by atoms with Gasteiger partial charge in [-0.05, 0) is 12.5 Å². The van der Waals surface area contributed by atoms with Gasteiger partial charge in [0.1, 0.15) is 5.82 Å². The Morgan fingerprint density at radius 3 is 2.67 bits per heavy atom. The zero-order valence-electron chi connectivity index (χ0n) is 14.4. The van der Waals surface area contributed by atoms with Crippen LogP contribution < -0.4 is 10.6 Å². The number of hydrogen-bond acceptors (Lipinski definition) is 7. The molecule has 2 N–H and O–H groups in total. The maximum atomic E-state index is 5.85. The van der Waals surface area contributed by atoms with Crippen molar-refractivity contribution in [3.63, 3.8) is 0 Å². The highest BCUT2D eigenvalue weighted by Gasteiger charge is 2.25. The average molecular weight is 344 g/mol. The molecule has 1 aliphatic rings. The van der Waals surface area contributed by atoms with Gasteiger partial charge >= 0.3 is 0 Å². The molecule has 1 aromatic heterocycles. The summed E-state index contributed by atoms with van der Waals surface area (Å²) in [5.41, 5.74) is 8.49. The van der Waals surface area contributed by atoms with E-state index < -0.39 is 0 Å². The Morgan fingerprint density at radius 2 is 1.96 bits per heavy atom. The molecule has 7 heteroatoms. The molecule has 0 radical (unpaired) electrons. The lowest BCUT2D eigenvalue weighted by atomic mass is 10.0. The van der Waals surface area contributed by atoms with Gasteiger partial charge in [0, 0.05) is 38.2 Å². The fraction of sp³-hybridized carbons (Fsp3) is 0.471. The predicted octanol–water partition coefficient (Wildman–Crippen LogP) is 2.12. The quantitative estimate of drug-likeness (QED) is 0.911. The van der Waals surface area contributed by atoms with Crippen LogP contribution in [-0.2, 0) is 6.54 Å². The summed E-state index contributed by atoms with van der Waals surface area (Å²) in [6.45, 7) is 3.83. The summed E-state index contributed by atoms with van der Waals surface area (Å²) in [4.78, 5) is 17.3. The molecule has 0 spiro atoms. The van der Waals surface area contributed by atoms with Crippen molar-refractivity contribution in [1.82, 2.24) is 19.9 Å². The molecule has 0 saturated carbocycles. The van der Waals surface area contributed by atoms with Crippen LogP contribution in [0.2, 0.25) is 0 Å². The van der Waals surface area contributed by atoms with Crippen molar-refractivity contribution in [2.75, 3.05) is 42.8 Å². The summed E-state index contributed by atoms with van der Waals surface area (Å²) in [6, 6.07) is 9.19. The van der Waals surface area contributed by atoms with Crippen LogP contribution in [0.25, 0.3) is 0 Å². The van der Waals surface area contributed by atoms with Crippen molar-refractivity contribution >= 4 is 23.7 Å². The number of anilines is 2. The second-order valence-corrected chi connectivity index (χ2v) is 7.43. The van der Waals surface area contributed by atoms with E-state index in [-0.39, 0.29) is 5.95 Å². The third-order valence-electron chi connectivity index (χ3n) is 4.13. The molecular weight excluding hydrogens is 320 g/mol. The second kappa shape index (κ2) is 7.36. The molecule has 1 aromatic carbocycles. The topological polar surface area (TPSA) is 71.2 Å². The minimum Gasteiger partial charge on any atom is -0.368 e. The van der Waals surface area contributed by atoms with E-state index in [0.29, 0.717) is 18.5 Å². The number of rotatable bonds is 4. The van der Waals surface area contributed by atoms with Gasteiger partial charge in [-0.15, -0.1) is 0 Å². The summed E-state index contributed by atoms with van der Waals surface area (Å²) in [6.07, 6.45) is 0. The molecular formula is C17H24N6S. The number of thioether (sulfide) groups is 1. The SMILES string of the molecule is Cc1ccc([C@H]2CSCCN2Cc2nc(N)nc(N(C)C)n2)cc1. The number of nitrogens with zero attached hydrogens (tertiary/aromatic N) is 5.